The first-order chi connectivity index (χ1) is 8.45. The van der Waals surface area contributed by atoms with E-state index < -0.39 is 12.5 Å². The molecule has 18 heavy (non-hydrogen) atoms. The van der Waals surface area contributed by atoms with E-state index in [2.05, 4.69) is 29.2 Å². The molecule has 3 aliphatic rings. The van der Waals surface area contributed by atoms with Crippen molar-refractivity contribution in [1.29, 1.82) is 0 Å². The lowest BCUT2D eigenvalue weighted by Crippen LogP contribution is -2.42. The molecular formula is C12H18IN3O2. The standard InChI is InChI=1S/C12H18IN3O2/c1-5-9(14)18-11(16)12(5)3-2-6-7(4-12)10(15)17-8(6)13/h8-11H,1-4,14-16H2/t8-,9+,10+,11-,12-/m1/s1. The van der Waals surface area contributed by atoms with Crippen molar-refractivity contribution in [1.82, 2.24) is 0 Å². The first-order valence-corrected chi connectivity index (χ1v) is 7.33. The minimum atomic E-state index is -0.462. The van der Waals surface area contributed by atoms with Gasteiger partial charge in [-0.1, -0.05) is 6.58 Å². The topological polar surface area (TPSA) is 96.5 Å². The number of alkyl halides is 1. The van der Waals surface area contributed by atoms with E-state index in [-0.39, 0.29) is 15.8 Å². The van der Waals surface area contributed by atoms with Crippen LogP contribution in [-0.4, -0.2) is 22.8 Å². The maximum Gasteiger partial charge on any atom is 0.132 e. The Kier molecular flexibility index (Phi) is 3.08. The zero-order valence-electron chi connectivity index (χ0n) is 10.1. The van der Waals surface area contributed by atoms with Crippen LogP contribution in [0.3, 0.4) is 0 Å². The van der Waals surface area contributed by atoms with Crippen molar-refractivity contribution < 1.29 is 9.47 Å². The number of nitrogens with two attached hydrogens (primary N) is 3. The maximum absolute atomic E-state index is 6.12. The SMILES string of the molecule is C=C1[C@@H](N)O[C@@H](N)[C@@]12CCC1=C(C2)[C@@H](N)O[C@H]1I. The van der Waals surface area contributed by atoms with Gasteiger partial charge in [0, 0.05) is 5.41 Å². The van der Waals surface area contributed by atoms with Crippen molar-refractivity contribution in [2.45, 2.75) is 42.1 Å². The summed E-state index contributed by atoms with van der Waals surface area (Å²) in [6.07, 6.45) is 1.42. The summed E-state index contributed by atoms with van der Waals surface area (Å²) in [6, 6.07) is 0. The molecule has 0 unspecified atom stereocenters. The average Bonchev–Trinajstić information content (AvgIpc) is 2.72. The first-order valence-electron chi connectivity index (χ1n) is 6.08. The molecule has 1 spiro atoms. The Morgan fingerprint density at radius 1 is 1.17 bits per heavy atom. The highest BCUT2D eigenvalue weighted by Gasteiger charge is 2.53. The van der Waals surface area contributed by atoms with Crippen molar-refractivity contribution in [2.24, 2.45) is 22.6 Å². The minimum absolute atomic E-state index is 0.0884. The van der Waals surface area contributed by atoms with Gasteiger partial charge in [0.25, 0.3) is 0 Å². The molecule has 2 aliphatic heterocycles. The monoisotopic (exact) mass is 363 g/mol. The van der Waals surface area contributed by atoms with Crippen LogP contribution in [0.15, 0.2) is 23.3 Å². The summed E-state index contributed by atoms with van der Waals surface area (Å²) in [7, 11) is 0. The van der Waals surface area contributed by atoms with E-state index in [0.29, 0.717) is 0 Å². The van der Waals surface area contributed by atoms with Gasteiger partial charge < -0.3 is 26.7 Å². The second-order valence-corrected chi connectivity index (χ2v) is 6.39. The zero-order valence-corrected chi connectivity index (χ0v) is 12.2. The summed E-state index contributed by atoms with van der Waals surface area (Å²) in [5.41, 5.74) is 21.1. The van der Waals surface area contributed by atoms with Gasteiger partial charge in [-0.3, -0.25) is 0 Å². The third kappa shape index (κ3) is 1.63. The molecular weight excluding hydrogens is 345 g/mol. The van der Waals surface area contributed by atoms with Crippen LogP contribution in [0.2, 0.25) is 0 Å². The van der Waals surface area contributed by atoms with Gasteiger partial charge in [-0.2, -0.15) is 0 Å². The summed E-state index contributed by atoms with van der Waals surface area (Å²) in [5.74, 6) is 0. The van der Waals surface area contributed by atoms with Crippen LogP contribution < -0.4 is 17.2 Å². The lowest BCUT2D eigenvalue weighted by atomic mass is 9.67. The van der Waals surface area contributed by atoms with Gasteiger partial charge in [-0.05, 0) is 58.6 Å². The van der Waals surface area contributed by atoms with E-state index in [0.717, 1.165) is 30.4 Å². The number of ether oxygens (including phenoxy) is 2. The minimum Gasteiger partial charge on any atom is -0.342 e. The van der Waals surface area contributed by atoms with Gasteiger partial charge in [0.2, 0.25) is 0 Å². The fourth-order valence-corrected chi connectivity index (χ4v) is 4.28. The third-order valence-corrected chi connectivity index (χ3v) is 5.51. The van der Waals surface area contributed by atoms with E-state index in [1.807, 2.05) is 0 Å². The Hall–Kier alpha value is 0.01000. The predicted octanol–water partition coefficient (Wildman–Crippen LogP) is 0.685. The normalized spacial score (nSPS) is 48.1. The highest BCUT2D eigenvalue weighted by Crippen LogP contribution is 2.54. The molecule has 3 rings (SSSR count). The Labute approximate surface area is 120 Å². The third-order valence-electron chi connectivity index (χ3n) is 4.46. The molecule has 6 heteroatoms. The highest BCUT2D eigenvalue weighted by molar-refractivity contribution is 14.1. The van der Waals surface area contributed by atoms with Crippen LogP contribution in [0, 0.1) is 5.41 Å². The molecule has 2 heterocycles. The first kappa shape index (κ1) is 13.0. The summed E-state index contributed by atoms with van der Waals surface area (Å²) < 4.78 is 11.3. The largest absolute Gasteiger partial charge is 0.342 e. The maximum atomic E-state index is 6.12. The second kappa shape index (κ2) is 4.26. The lowest BCUT2D eigenvalue weighted by Gasteiger charge is -2.37. The second-order valence-electron chi connectivity index (χ2n) is 5.26. The predicted molar refractivity (Wildman–Crippen MR) is 76.4 cm³/mol. The molecule has 0 radical (unpaired) electrons. The zero-order chi connectivity index (χ0) is 13.1. The molecule has 1 aliphatic carbocycles. The van der Waals surface area contributed by atoms with Crippen LogP contribution in [0.4, 0.5) is 0 Å². The van der Waals surface area contributed by atoms with Crippen LogP contribution in [0.25, 0.3) is 0 Å². The molecule has 0 bridgehead atoms. The van der Waals surface area contributed by atoms with Crippen molar-refractivity contribution in [3.63, 3.8) is 0 Å². The summed E-state index contributed by atoms with van der Waals surface area (Å²) in [6.45, 7) is 4.08. The number of rotatable bonds is 0. The molecule has 0 aromatic heterocycles. The summed E-state index contributed by atoms with van der Waals surface area (Å²) in [5, 5.41) is 0. The van der Waals surface area contributed by atoms with E-state index in [9.17, 15) is 0 Å². The van der Waals surface area contributed by atoms with E-state index in [1.54, 1.807) is 0 Å². The number of hydrogen-bond donors (Lipinski definition) is 3. The van der Waals surface area contributed by atoms with Gasteiger partial charge >= 0.3 is 0 Å². The smallest absolute Gasteiger partial charge is 0.132 e. The van der Waals surface area contributed by atoms with Gasteiger partial charge in [0.05, 0.1) is 0 Å². The van der Waals surface area contributed by atoms with Crippen molar-refractivity contribution in [3.05, 3.63) is 23.3 Å². The van der Waals surface area contributed by atoms with Crippen molar-refractivity contribution >= 4 is 22.6 Å². The Bertz CT molecular complexity index is 439. The number of halogens is 1. The Morgan fingerprint density at radius 3 is 2.50 bits per heavy atom. The van der Waals surface area contributed by atoms with Gasteiger partial charge in [0.1, 0.15) is 22.8 Å². The highest BCUT2D eigenvalue weighted by atomic mass is 127. The fourth-order valence-electron chi connectivity index (χ4n) is 3.25. The molecule has 5 nitrogen and oxygen atoms in total. The molecule has 0 aromatic carbocycles. The van der Waals surface area contributed by atoms with Gasteiger partial charge in [-0.25, -0.2) is 0 Å². The quantitative estimate of drug-likeness (QED) is 0.334. The summed E-state index contributed by atoms with van der Waals surface area (Å²) >= 11 is 2.28. The Balaban J connectivity index is 1.95. The van der Waals surface area contributed by atoms with E-state index in [1.165, 1.54) is 5.57 Å². The van der Waals surface area contributed by atoms with Gasteiger partial charge in [0.15, 0.2) is 0 Å². The molecule has 0 amide bonds. The van der Waals surface area contributed by atoms with Crippen LogP contribution in [0.5, 0.6) is 0 Å². The van der Waals surface area contributed by atoms with Crippen LogP contribution in [-0.2, 0) is 9.47 Å². The Morgan fingerprint density at radius 2 is 1.89 bits per heavy atom. The van der Waals surface area contributed by atoms with Crippen LogP contribution >= 0.6 is 22.6 Å². The number of hydrogen-bond acceptors (Lipinski definition) is 5. The molecule has 6 N–H and O–H groups in total. The average molecular weight is 363 g/mol. The van der Waals surface area contributed by atoms with Crippen LogP contribution in [0.1, 0.15) is 19.3 Å². The van der Waals surface area contributed by atoms with E-state index >= 15 is 0 Å². The molecule has 100 valence electrons. The molecule has 1 fully saturated rings. The molecule has 0 saturated carbocycles. The van der Waals surface area contributed by atoms with E-state index in [4.69, 9.17) is 26.7 Å². The van der Waals surface area contributed by atoms with Crippen molar-refractivity contribution in [3.8, 4) is 0 Å². The molecule has 1 saturated heterocycles. The lowest BCUT2D eigenvalue weighted by molar-refractivity contribution is 0.0129. The van der Waals surface area contributed by atoms with Gasteiger partial charge in [-0.15, -0.1) is 0 Å². The molecule has 5 atom stereocenters. The fraction of sp³-hybridized carbons (Fsp3) is 0.667. The van der Waals surface area contributed by atoms with Crippen molar-refractivity contribution in [2.75, 3.05) is 0 Å². The summed E-state index contributed by atoms with van der Waals surface area (Å²) in [4.78, 5) is 0. The molecule has 0 aromatic rings.